The van der Waals surface area contributed by atoms with Gasteiger partial charge in [0.25, 0.3) is 0 Å². The van der Waals surface area contributed by atoms with E-state index in [0.29, 0.717) is 17.7 Å². The maximum atomic E-state index is 11.9. The molecule has 1 heterocycles. The fraction of sp³-hybridized carbons (Fsp3) is 0.308. The van der Waals surface area contributed by atoms with E-state index in [2.05, 4.69) is 21.2 Å². The Hall–Kier alpha value is -1.47. The van der Waals surface area contributed by atoms with Crippen molar-refractivity contribution in [2.45, 2.75) is 19.4 Å². The number of nitrogens with two attached hydrogens (primary N) is 1. The Bertz CT molecular complexity index is 591. The Morgan fingerprint density at radius 2 is 2.25 bits per heavy atom. The molecule has 0 bridgehead atoms. The molecular weight excluding hydrogens is 342 g/mol. The second kappa shape index (κ2) is 5.88. The number of amides is 2. The second-order valence-corrected chi connectivity index (χ2v) is 5.76. The largest absolute Gasteiger partial charge is 0.389 e. The third-order valence-electron chi connectivity index (χ3n) is 3.19. The van der Waals surface area contributed by atoms with Gasteiger partial charge in [-0.1, -0.05) is 25.2 Å². The standard InChI is InChI=1S/C13H14BrN3O2S/c1-2-8-13(19)16-10(18)6-17(8)9-5-3-4-7(14)11(9)12(15)20/h3-5,8H,2,6H2,1H3,(H2,15,20)(H,16,18,19). The van der Waals surface area contributed by atoms with Gasteiger partial charge in [0.15, 0.2) is 0 Å². The monoisotopic (exact) mass is 355 g/mol. The van der Waals surface area contributed by atoms with E-state index < -0.39 is 6.04 Å². The quantitative estimate of drug-likeness (QED) is 0.631. The molecule has 106 valence electrons. The molecule has 2 amide bonds. The molecule has 1 fully saturated rings. The molecule has 0 aromatic heterocycles. The zero-order chi connectivity index (χ0) is 14.9. The van der Waals surface area contributed by atoms with E-state index in [-0.39, 0.29) is 23.3 Å². The molecule has 0 aliphatic carbocycles. The summed E-state index contributed by atoms with van der Waals surface area (Å²) in [6, 6.07) is 5.05. The van der Waals surface area contributed by atoms with Gasteiger partial charge < -0.3 is 10.6 Å². The third kappa shape index (κ3) is 2.69. The highest BCUT2D eigenvalue weighted by atomic mass is 79.9. The molecular formula is C13H14BrN3O2S. The van der Waals surface area contributed by atoms with Gasteiger partial charge in [-0.15, -0.1) is 0 Å². The molecule has 1 unspecified atom stereocenters. The molecule has 0 spiro atoms. The summed E-state index contributed by atoms with van der Waals surface area (Å²) in [6.07, 6.45) is 0.586. The number of nitrogens with zero attached hydrogens (tertiary/aromatic N) is 1. The van der Waals surface area contributed by atoms with Crippen molar-refractivity contribution in [2.24, 2.45) is 5.73 Å². The molecule has 2 rings (SSSR count). The molecule has 1 aliphatic rings. The minimum absolute atomic E-state index is 0.107. The average molecular weight is 356 g/mol. The fourth-order valence-electron chi connectivity index (χ4n) is 2.32. The molecule has 5 nitrogen and oxygen atoms in total. The number of halogens is 1. The van der Waals surface area contributed by atoms with Crippen molar-refractivity contribution >= 4 is 50.6 Å². The zero-order valence-corrected chi connectivity index (χ0v) is 13.3. The van der Waals surface area contributed by atoms with Gasteiger partial charge in [-0.05, 0) is 34.5 Å². The summed E-state index contributed by atoms with van der Waals surface area (Å²) in [5.74, 6) is -0.619. The lowest BCUT2D eigenvalue weighted by molar-refractivity contribution is -0.132. The predicted octanol–water partition coefficient (Wildman–Crippen LogP) is 1.32. The van der Waals surface area contributed by atoms with Gasteiger partial charge in [-0.3, -0.25) is 14.9 Å². The molecule has 0 saturated carbocycles. The molecule has 1 aromatic carbocycles. The van der Waals surface area contributed by atoms with Crippen molar-refractivity contribution in [3.8, 4) is 0 Å². The summed E-state index contributed by atoms with van der Waals surface area (Å²) in [5, 5.41) is 2.35. The van der Waals surface area contributed by atoms with E-state index in [4.69, 9.17) is 18.0 Å². The summed E-state index contributed by atoms with van der Waals surface area (Å²) in [6.45, 7) is 2.00. The summed E-state index contributed by atoms with van der Waals surface area (Å²) >= 11 is 8.48. The number of nitrogens with one attached hydrogen (secondary N) is 1. The van der Waals surface area contributed by atoms with Gasteiger partial charge in [0.2, 0.25) is 11.8 Å². The number of piperazine rings is 1. The Balaban J connectivity index is 2.53. The van der Waals surface area contributed by atoms with Crippen LogP contribution in [-0.4, -0.2) is 29.4 Å². The highest BCUT2D eigenvalue weighted by Crippen LogP contribution is 2.30. The van der Waals surface area contributed by atoms with E-state index in [0.717, 1.165) is 4.47 Å². The number of imide groups is 1. The van der Waals surface area contributed by atoms with Gasteiger partial charge in [0, 0.05) is 15.7 Å². The van der Waals surface area contributed by atoms with Crippen LogP contribution in [0.3, 0.4) is 0 Å². The van der Waals surface area contributed by atoms with Crippen LogP contribution in [0.15, 0.2) is 22.7 Å². The molecule has 20 heavy (non-hydrogen) atoms. The SMILES string of the molecule is CCC1C(=O)NC(=O)CN1c1cccc(Br)c1C(N)=S. The minimum Gasteiger partial charge on any atom is -0.389 e. The zero-order valence-electron chi connectivity index (χ0n) is 10.9. The van der Waals surface area contributed by atoms with Crippen molar-refractivity contribution in [3.63, 3.8) is 0 Å². The van der Waals surface area contributed by atoms with Crippen molar-refractivity contribution in [1.29, 1.82) is 0 Å². The second-order valence-electron chi connectivity index (χ2n) is 4.46. The predicted molar refractivity (Wildman–Crippen MR) is 84.6 cm³/mol. The molecule has 1 aliphatic heterocycles. The molecule has 7 heteroatoms. The van der Waals surface area contributed by atoms with E-state index in [1.54, 1.807) is 4.90 Å². The number of benzene rings is 1. The van der Waals surface area contributed by atoms with E-state index >= 15 is 0 Å². The lowest BCUT2D eigenvalue weighted by Gasteiger charge is -2.36. The highest BCUT2D eigenvalue weighted by Gasteiger charge is 2.34. The summed E-state index contributed by atoms with van der Waals surface area (Å²) in [4.78, 5) is 25.5. The lowest BCUT2D eigenvalue weighted by atomic mass is 10.1. The number of anilines is 1. The Morgan fingerprint density at radius 3 is 2.85 bits per heavy atom. The van der Waals surface area contributed by atoms with Crippen LogP contribution in [0.5, 0.6) is 0 Å². The van der Waals surface area contributed by atoms with Crippen LogP contribution in [0.2, 0.25) is 0 Å². The average Bonchev–Trinajstić information content (AvgIpc) is 2.37. The fourth-order valence-corrected chi connectivity index (χ4v) is 3.24. The van der Waals surface area contributed by atoms with Gasteiger partial charge in [0.1, 0.15) is 11.0 Å². The molecule has 0 radical (unpaired) electrons. The van der Waals surface area contributed by atoms with Gasteiger partial charge in [-0.2, -0.15) is 0 Å². The van der Waals surface area contributed by atoms with Crippen LogP contribution in [-0.2, 0) is 9.59 Å². The first kappa shape index (κ1) is 14.9. The first-order valence-electron chi connectivity index (χ1n) is 6.14. The van der Waals surface area contributed by atoms with Crippen molar-refractivity contribution < 1.29 is 9.59 Å². The van der Waals surface area contributed by atoms with E-state index in [9.17, 15) is 9.59 Å². The third-order valence-corrected chi connectivity index (χ3v) is 4.05. The first-order valence-corrected chi connectivity index (χ1v) is 7.34. The topological polar surface area (TPSA) is 75.4 Å². The number of hydrogen-bond acceptors (Lipinski definition) is 4. The molecule has 1 aromatic rings. The van der Waals surface area contributed by atoms with Gasteiger partial charge in [0.05, 0.1) is 6.54 Å². The minimum atomic E-state index is -0.407. The Kier molecular flexibility index (Phi) is 4.39. The maximum Gasteiger partial charge on any atom is 0.249 e. The van der Waals surface area contributed by atoms with Crippen LogP contribution in [0.4, 0.5) is 5.69 Å². The number of carbonyl (C=O) groups is 2. The van der Waals surface area contributed by atoms with Crippen LogP contribution in [0.25, 0.3) is 0 Å². The number of hydrogen-bond donors (Lipinski definition) is 2. The van der Waals surface area contributed by atoms with Crippen LogP contribution in [0.1, 0.15) is 18.9 Å². The molecule has 1 atom stereocenters. The van der Waals surface area contributed by atoms with Crippen LogP contribution >= 0.6 is 28.1 Å². The number of rotatable bonds is 3. The van der Waals surface area contributed by atoms with Crippen LogP contribution in [0, 0.1) is 0 Å². The van der Waals surface area contributed by atoms with Crippen molar-refractivity contribution in [2.75, 3.05) is 11.4 Å². The number of thiocarbonyl (C=S) groups is 1. The summed E-state index contributed by atoms with van der Waals surface area (Å²) in [7, 11) is 0. The molecule has 3 N–H and O–H groups in total. The summed E-state index contributed by atoms with van der Waals surface area (Å²) in [5.41, 5.74) is 7.11. The normalized spacial score (nSPS) is 18.9. The van der Waals surface area contributed by atoms with Crippen LogP contribution < -0.4 is 16.0 Å². The Labute approximate surface area is 130 Å². The summed E-state index contributed by atoms with van der Waals surface area (Å²) < 4.78 is 0.746. The lowest BCUT2D eigenvalue weighted by Crippen LogP contribution is -2.58. The number of carbonyl (C=O) groups excluding carboxylic acids is 2. The van der Waals surface area contributed by atoms with Crippen molar-refractivity contribution in [3.05, 3.63) is 28.2 Å². The van der Waals surface area contributed by atoms with Gasteiger partial charge in [-0.25, -0.2) is 0 Å². The van der Waals surface area contributed by atoms with E-state index in [1.165, 1.54) is 0 Å². The van der Waals surface area contributed by atoms with Gasteiger partial charge >= 0.3 is 0 Å². The van der Waals surface area contributed by atoms with E-state index in [1.807, 2.05) is 25.1 Å². The Morgan fingerprint density at radius 1 is 1.55 bits per heavy atom. The van der Waals surface area contributed by atoms with Crippen molar-refractivity contribution in [1.82, 2.24) is 5.32 Å². The highest BCUT2D eigenvalue weighted by molar-refractivity contribution is 9.10. The maximum absolute atomic E-state index is 11.9. The first-order chi connectivity index (χ1) is 9.45. The molecule has 1 saturated heterocycles. The smallest absolute Gasteiger partial charge is 0.249 e.